The second kappa shape index (κ2) is 14.7. The van der Waals surface area contributed by atoms with Gasteiger partial charge < -0.3 is 23.7 Å². The Morgan fingerprint density at radius 1 is 1.15 bits per heavy atom. The van der Waals surface area contributed by atoms with E-state index in [-0.39, 0.29) is 48.5 Å². The van der Waals surface area contributed by atoms with Gasteiger partial charge in [0.05, 0.1) is 12.3 Å². The number of rotatable bonds is 14. The number of anilines is 1. The summed E-state index contributed by atoms with van der Waals surface area (Å²) in [6.07, 6.45) is 2.82. The summed E-state index contributed by atoms with van der Waals surface area (Å²) < 4.78 is 45.8. The summed E-state index contributed by atoms with van der Waals surface area (Å²) in [5.41, 5.74) is 2.38. The molecule has 3 aromatic rings. The molecule has 5 rings (SSSR count). The van der Waals surface area contributed by atoms with Crippen LogP contribution in [0.5, 0.6) is 5.88 Å². The third kappa shape index (κ3) is 7.90. The lowest BCUT2D eigenvalue weighted by molar-refractivity contribution is -0.162. The van der Waals surface area contributed by atoms with Gasteiger partial charge in [-0.3, -0.25) is 14.5 Å². The topological polar surface area (TPSA) is 99.0 Å². The van der Waals surface area contributed by atoms with Crippen molar-refractivity contribution >= 4 is 18.1 Å². The fourth-order valence-corrected chi connectivity index (χ4v) is 5.72. The number of pyridine rings is 1. The number of carbonyl (C=O) groups excluding carboxylic acids is 2. The van der Waals surface area contributed by atoms with Gasteiger partial charge in [0, 0.05) is 57.3 Å². The van der Waals surface area contributed by atoms with E-state index in [4.69, 9.17) is 19.2 Å². The normalized spacial score (nSPS) is 17.8. The van der Waals surface area contributed by atoms with Gasteiger partial charge in [-0.05, 0) is 58.1 Å². The lowest BCUT2D eigenvalue weighted by Gasteiger charge is -2.34. The molecule has 12 heteroatoms. The lowest BCUT2D eigenvalue weighted by Crippen LogP contribution is -2.43. The van der Waals surface area contributed by atoms with Gasteiger partial charge in [0.15, 0.2) is 17.8 Å². The number of hydrogen-bond acceptors (Lipinski definition) is 7. The molecular weight excluding hydrogens is 596 g/mol. The van der Waals surface area contributed by atoms with Gasteiger partial charge in [0.2, 0.25) is 12.3 Å². The van der Waals surface area contributed by atoms with Crippen LogP contribution in [-0.4, -0.2) is 82.9 Å². The van der Waals surface area contributed by atoms with Crippen LogP contribution in [0, 0.1) is 6.92 Å². The third-order valence-electron chi connectivity index (χ3n) is 8.32. The number of halogens is 2. The minimum atomic E-state index is -2.70. The van der Waals surface area contributed by atoms with E-state index in [1.54, 1.807) is 31.0 Å². The van der Waals surface area contributed by atoms with Crippen molar-refractivity contribution in [3.05, 3.63) is 59.4 Å². The Bertz CT molecular complexity index is 1480. The van der Waals surface area contributed by atoms with Crippen LogP contribution in [0.15, 0.2) is 42.5 Å². The number of amides is 2. The zero-order valence-electron chi connectivity index (χ0n) is 27.0. The quantitative estimate of drug-likeness (QED) is 0.161. The number of alkyl halides is 2. The molecule has 248 valence electrons. The molecule has 2 aromatic heterocycles. The van der Waals surface area contributed by atoms with Gasteiger partial charge >= 0.3 is 0 Å². The smallest absolute Gasteiger partial charge is 0.274 e. The number of benzene rings is 1. The molecule has 0 N–H and O–H groups in total. The standard InChI is InChI=1S/C34H43F2N5O5/c1-23(2)41(22-42)32-30(33(43)39(4)16-10-18-45-29-13-8-9-17-44-29)40(21-25-11-6-5-7-12-25)31(38-32)27-14-15-28(37-24(27)3)46-26-19-34(35,36)20-26/h5-7,11-12,14-15,22-23,26,29H,8-10,13,16-21H2,1-4H3. The first-order valence-corrected chi connectivity index (χ1v) is 16.0. The van der Waals surface area contributed by atoms with Crippen LogP contribution < -0.4 is 9.64 Å². The molecule has 0 bridgehead atoms. The van der Waals surface area contributed by atoms with Gasteiger partial charge in [-0.1, -0.05) is 30.3 Å². The van der Waals surface area contributed by atoms with Gasteiger partial charge in [0.25, 0.3) is 11.8 Å². The van der Waals surface area contributed by atoms with E-state index >= 15 is 0 Å². The Labute approximate surface area is 268 Å². The molecule has 0 radical (unpaired) electrons. The summed E-state index contributed by atoms with van der Waals surface area (Å²) in [7, 11) is 1.73. The predicted octanol–water partition coefficient (Wildman–Crippen LogP) is 5.85. The Balaban J connectivity index is 1.48. The van der Waals surface area contributed by atoms with E-state index < -0.39 is 12.0 Å². The SMILES string of the molecule is Cc1nc(OC2CC(F)(F)C2)ccc1-c1nc(N(C=O)C(C)C)c(C(=O)N(C)CCCOC2CCCCO2)n1Cc1ccccc1. The van der Waals surface area contributed by atoms with Crippen molar-refractivity contribution < 1.29 is 32.6 Å². The molecule has 46 heavy (non-hydrogen) atoms. The molecule has 3 heterocycles. The molecule has 1 saturated carbocycles. The Hall–Kier alpha value is -3.90. The third-order valence-corrected chi connectivity index (χ3v) is 8.32. The van der Waals surface area contributed by atoms with Gasteiger partial charge in [0.1, 0.15) is 11.9 Å². The number of imidazole rings is 1. The van der Waals surface area contributed by atoms with Crippen molar-refractivity contribution in [2.24, 2.45) is 0 Å². The highest BCUT2D eigenvalue weighted by atomic mass is 19.3. The average molecular weight is 640 g/mol. The van der Waals surface area contributed by atoms with Crippen LogP contribution in [0.25, 0.3) is 11.4 Å². The Morgan fingerprint density at radius 3 is 2.54 bits per heavy atom. The largest absolute Gasteiger partial charge is 0.474 e. The lowest BCUT2D eigenvalue weighted by atomic mass is 9.91. The summed E-state index contributed by atoms with van der Waals surface area (Å²) in [6.45, 7) is 7.38. The zero-order valence-corrected chi connectivity index (χ0v) is 27.0. The summed E-state index contributed by atoms with van der Waals surface area (Å²) in [4.78, 5) is 39.2. The number of hydrogen-bond donors (Lipinski definition) is 0. The molecular formula is C34H43F2N5O5. The molecule has 2 amide bonds. The van der Waals surface area contributed by atoms with Crippen molar-refractivity contribution in [1.82, 2.24) is 19.4 Å². The molecule has 2 fully saturated rings. The minimum Gasteiger partial charge on any atom is -0.474 e. The molecule has 1 aromatic carbocycles. The summed E-state index contributed by atoms with van der Waals surface area (Å²) in [5.74, 6) is -2.05. The van der Waals surface area contributed by atoms with Crippen LogP contribution >= 0.6 is 0 Å². The van der Waals surface area contributed by atoms with Crippen LogP contribution in [0.4, 0.5) is 14.6 Å². The minimum absolute atomic E-state index is 0.202. The zero-order chi connectivity index (χ0) is 32.8. The molecule has 1 unspecified atom stereocenters. The maximum atomic E-state index is 14.3. The predicted molar refractivity (Wildman–Crippen MR) is 169 cm³/mol. The van der Waals surface area contributed by atoms with Crippen LogP contribution in [0.3, 0.4) is 0 Å². The van der Waals surface area contributed by atoms with Crippen molar-refractivity contribution in [3.8, 4) is 17.3 Å². The number of aryl methyl sites for hydroxylation is 1. The Morgan fingerprint density at radius 2 is 1.91 bits per heavy atom. The fraction of sp³-hybridized carbons (Fsp3) is 0.529. The van der Waals surface area contributed by atoms with Crippen molar-refractivity contribution in [2.75, 3.05) is 31.7 Å². The number of nitrogens with zero attached hydrogens (tertiary/aromatic N) is 5. The Kier molecular flexibility index (Phi) is 10.7. The highest BCUT2D eigenvalue weighted by Crippen LogP contribution is 2.40. The van der Waals surface area contributed by atoms with Crippen LogP contribution in [0.1, 0.15) is 74.1 Å². The van der Waals surface area contributed by atoms with Gasteiger partial charge in [-0.15, -0.1) is 0 Å². The van der Waals surface area contributed by atoms with E-state index in [1.165, 1.54) is 4.90 Å². The molecule has 1 saturated heterocycles. The van der Waals surface area contributed by atoms with Crippen molar-refractivity contribution in [2.45, 2.75) is 90.2 Å². The monoisotopic (exact) mass is 639 g/mol. The van der Waals surface area contributed by atoms with Crippen LogP contribution in [0.2, 0.25) is 0 Å². The first kappa shape index (κ1) is 33.5. The molecule has 2 aliphatic rings. The van der Waals surface area contributed by atoms with Crippen molar-refractivity contribution in [3.63, 3.8) is 0 Å². The van der Waals surface area contributed by atoms with E-state index in [0.29, 0.717) is 56.2 Å². The number of ether oxygens (including phenoxy) is 3. The van der Waals surface area contributed by atoms with Gasteiger partial charge in [-0.25, -0.2) is 18.7 Å². The first-order chi connectivity index (χ1) is 22.1. The summed E-state index contributed by atoms with van der Waals surface area (Å²) in [6, 6.07) is 12.8. The second-order valence-electron chi connectivity index (χ2n) is 12.3. The van der Waals surface area contributed by atoms with E-state index in [2.05, 4.69) is 4.98 Å². The van der Waals surface area contributed by atoms with E-state index in [9.17, 15) is 18.4 Å². The fourth-order valence-electron chi connectivity index (χ4n) is 5.72. The molecule has 0 spiro atoms. The van der Waals surface area contributed by atoms with Gasteiger partial charge in [-0.2, -0.15) is 0 Å². The number of carbonyl (C=O) groups is 2. The number of aromatic nitrogens is 3. The maximum Gasteiger partial charge on any atom is 0.274 e. The molecule has 1 atom stereocenters. The average Bonchev–Trinajstić information content (AvgIpc) is 3.37. The summed E-state index contributed by atoms with van der Waals surface area (Å²) in [5, 5.41) is 0. The highest BCUT2D eigenvalue weighted by molar-refractivity contribution is 6.00. The summed E-state index contributed by atoms with van der Waals surface area (Å²) >= 11 is 0. The molecule has 1 aliphatic carbocycles. The first-order valence-electron chi connectivity index (χ1n) is 16.0. The molecule has 10 nitrogen and oxygen atoms in total. The molecule has 1 aliphatic heterocycles. The van der Waals surface area contributed by atoms with E-state index in [1.807, 2.05) is 48.7 Å². The van der Waals surface area contributed by atoms with Crippen LogP contribution in [-0.2, 0) is 20.8 Å². The highest BCUT2D eigenvalue weighted by Gasteiger charge is 2.47. The second-order valence-corrected chi connectivity index (χ2v) is 12.3. The maximum absolute atomic E-state index is 14.3. The van der Waals surface area contributed by atoms with Crippen molar-refractivity contribution in [1.29, 1.82) is 0 Å². The van der Waals surface area contributed by atoms with E-state index in [0.717, 1.165) is 24.8 Å².